The van der Waals surface area contributed by atoms with Crippen LogP contribution in [0.4, 0.5) is 0 Å². The SMILES string of the molecule is Cn1cc(S(=O)(=O)N2CCCC2)cc1C(=O)NCC(c1cccs1)N1CCOCC1. The first kappa shape index (κ1) is 21.5. The molecule has 0 aromatic carbocycles. The van der Waals surface area contributed by atoms with Crippen molar-refractivity contribution in [3.63, 3.8) is 0 Å². The quantitative estimate of drug-likeness (QED) is 0.691. The van der Waals surface area contributed by atoms with Gasteiger partial charge in [-0.05, 0) is 30.4 Å². The fraction of sp³-hybridized carbons (Fsp3) is 0.550. The van der Waals surface area contributed by atoms with Gasteiger partial charge in [-0.2, -0.15) is 4.31 Å². The molecule has 0 bridgehead atoms. The molecule has 1 N–H and O–H groups in total. The number of aromatic nitrogens is 1. The minimum Gasteiger partial charge on any atom is -0.379 e. The van der Waals surface area contributed by atoms with E-state index < -0.39 is 10.0 Å². The fourth-order valence-corrected chi connectivity index (χ4v) is 6.49. The highest BCUT2D eigenvalue weighted by Gasteiger charge is 2.30. The number of morpholine rings is 1. The third-order valence-corrected chi connectivity index (χ3v) is 8.57. The Kier molecular flexibility index (Phi) is 6.59. The highest BCUT2D eigenvalue weighted by Crippen LogP contribution is 2.26. The van der Waals surface area contributed by atoms with Gasteiger partial charge < -0.3 is 14.6 Å². The summed E-state index contributed by atoms with van der Waals surface area (Å²) >= 11 is 1.67. The van der Waals surface area contributed by atoms with Crippen molar-refractivity contribution in [2.75, 3.05) is 45.9 Å². The van der Waals surface area contributed by atoms with Crippen LogP contribution in [0.3, 0.4) is 0 Å². The highest BCUT2D eigenvalue weighted by molar-refractivity contribution is 7.89. The first-order valence-corrected chi connectivity index (χ1v) is 12.6. The molecule has 10 heteroatoms. The fourth-order valence-electron chi connectivity index (χ4n) is 4.04. The monoisotopic (exact) mass is 452 g/mol. The average Bonchev–Trinajstić information content (AvgIpc) is 3.51. The number of hydrogen-bond acceptors (Lipinski definition) is 6. The highest BCUT2D eigenvalue weighted by atomic mass is 32.2. The molecule has 1 amide bonds. The van der Waals surface area contributed by atoms with Crippen LogP contribution in [0.5, 0.6) is 0 Å². The number of carbonyl (C=O) groups excluding carboxylic acids is 1. The summed E-state index contributed by atoms with van der Waals surface area (Å²) in [5.41, 5.74) is 0.347. The van der Waals surface area contributed by atoms with Gasteiger partial charge in [-0.3, -0.25) is 9.69 Å². The summed E-state index contributed by atoms with van der Waals surface area (Å²) in [7, 11) is -1.84. The molecule has 8 nitrogen and oxygen atoms in total. The molecule has 2 aliphatic heterocycles. The molecule has 2 aromatic heterocycles. The molecular formula is C20H28N4O4S2. The van der Waals surface area contributed by atoms with E-state index in [-0.39, 0.29) is 16.8 Å². The van der Waals surface area contributed by atoms with Gasteiger partial charge in [0.25, 0.3) is 5.91 Å². The zero-order chi connectivity index (χ0) is 21.1. The van der Waals surface area contributed by atoms with E-state index in [9.17, 15) is 13.2 Å². The minimum atomic E-state index is -3.55. The summed E-state index contributed by atoms with van der Waals surface area (Å²) in [6.07, 6.45) is 3.29. The van der Waals surface area contributed by atoms with Crippen LogP contribution in [-0.4, -0.2) is 74.0 Å². The Balaban J connectivity index is 1.47. The number of nitrogens with one attached hydrogen (secondary N) is 1. The lowest BCUT2D eigenvalue weighted by Crippen LogP contribution is -2.43. The number of rotatable bonds is 7. The smallest absolute Gasteiger partial charge is 0.268 e. The average molecular weight is 453 g/mol. The molecule has 0 saturated carbocycles. The van der Waals surface area contributed by atoms with Gasteiger partial charge in [-0.1, -0.05) is 6.07 Å². The number of amides is 1. The van der Waals surface area contributed by atoms with Gasteiger partial charge in [0, 0.05) is 50.8 Å². The zero-order valence-electron chi connectivity index (χ0n) is 17.1. The minimum absolute atomic E-state index is 0.0749. The van der Waals surface area contributed by atoms with Crippen LogP contribution in [-0.2, 0) is 21.8 Å². The Morgan fingerprint density at radius 1 is 1.23 bits per heavy atom. The van der Waals surface area contributed by atoms with Crippen molar-refractivity contribution in [3.8, 4) is 0 Å². The molecule has 164 valence electrons. The maximum absolute atomic E-state index is 12.9. The Labute approximate surface area is 181 Å². The van der Waals surface area contributed by atoms with Crippen molar-refractivity contribution >= 4 is 27.3 Å². The van der Waals surface area contributed by atoms with Crippen LogP contribution in [0.2, 0.25) is 0 Å². The van der Waals surface area contributed by atoms with Crippen LogP contribution in [0.1, 0.15) is 34.2 Å². The maximum atomic E-state index is 12.9. The van der Waals surface area contributed by atoms with Crippen molar-refractivity contribution in [1.82, 2.24) is 19.1 Å². The summed E-state index contributed by atoms with van der Waals surface area (Å²) in [5, 5.41) is 5.05. The molecule has 0 radical (unpaired) electrons. The molecule has 1 atom stereocenters. The lowest BCUT2D eigenvalue weighted by atomic mass is 10.2. The second-order valence-electron chi connectivity index (χ2n) is 7.67. The van der Waals surface area contributed by atoms with Crippen molar-refractivity contribution in [3.05, 3.63) is 40.3 Å². The van der Waals surface area contributed by atoms with Crippen molar-refractivity contribution in [2.24, 2.45) is 7.05 Å². The second kappa shape index (κ2) is 9.19. The third-order valence-electron chi connectivity index (χ3n) is 5.73. The van der Waals surface area contributed by atoms with Crippen molar-refractivity contribution < 1.29 is 17.9 Å². The van der Waals surface area contributed by atoms with E-state index in [4.69, 9.17) is 4.74 Å². The molecule has 2 aromatic rings. The topological polar surface area (TPSA) is 83.9 Å². The molecule has 4 heterocycles. The maximum Gasteiger partial charge on any atom is 0.268 e. The molecule has 2 fully saturated rings. The lowest BCUT2D eigenvalue weighted by molar-refractivity contribution is 0.0169. The van der Waals surface area contributed by atoms with Crippen LogP contribution < -0.4 is 5.32 Å². The van der Waals surface area contributed by atoms with Crippen molar-refractivity contribution in [2.45, 2.75) is 23.8 Å². The molecule has 4 rings (SSSR count). The Morgan fingerprint density at radius 3 is 2.63 bits per heavy atom. The molecule has 2 aliphatic rings. The van der Waals surface area contributed by atoms with Gasteiger partial charge in [0.1, 0.15) is 10.6 Å². The molecule has 30 heavy (non-hydrogen) atoms. The number of thiophene rings is 1. The summed E-state index contributed by atoms with van der Waals surface area (Å²) in [4.78, 5) is 16.6. The molecule has 0 aliphatic carbocycles. The van der Waals surface area contributed by atoms with Crippen LogP contribution in [0.15, 0.2) is 34.7 Å². The van der Waals surface area contributed by atoms with E-state index in [1.807, 2.05) is 11.4 Å². The van der Waals surface area contributed by atoms with Gasteiger partial charge in [0.2, 0.25) is 10.0 Å². The van der Waals surface area contributed by atoms with Gasteiger partial charge in [0.15, 0.2) is 0 Å². The Morgan fingerprint density at radius 2 is 1.97 bits per heavy atom. The van der Waals surface area contributed by atoms with Gasteiger partial charge in [0.05, 0.1) is 19.3 Å². The van der Waals surface area contributed by atoms with Gasteiger partial charge in [-0.25, -0.2) is 8.42 Å². The van der Waals surface area contributed by atoms with E-state index in [2.05, 4.69) is 16.3 Å². The molecule has 2 saturated heterocycles. The summed E-state index contributed by atoms with van der Waals surface area (Å²) in [6.45, 7) is 4.55. The number of sulfonamides is 1. The van der Waals surface area contributed by atoms with Gasteiger partial charge >= 0.3 is 0 Å². The molecular weight excluding hydrogens is 424 g/mol. The summed E-state index contributed by atoms with van der Waals surface area (Å²) in [5.74, 6) is -0.268. The number of carbonyl (C=O) groups is 1. The van der Waals surface area contributed by atoms with E-state index in [0.29, 0.717) is 38.5 Å². The Bertz CT molecular complexity index is 959. The van der Waals surface area contributed by atoms with Crippen LogP contribution in [0, 0.1) is 0 Å². The largest absolute Gasteiger partial charge is 0.379 e. The number of aryl methyl sites for hydroxylation is 1. The van der Waals surface area contributed by atoms with Crippen molar-refractivity contribution in [1.29, 1.82) is 0 Å². The lowest BCUT2D eigenvalue weighted by Gasteiger charge is -2.34. The zero-order valence-corrected chi connectivity index (χ0v) is 18.8. The van der Waals surface area contributed by atoms with E-state index in [0.717, 1.165) is 25.9 Å². The van der Waals surface area contributed by atoms with Crippen LogP contribution in [0.25, 0.3) is 0 Å². The summed E-state index contributed by atoms with van der Waals surface area (Å²) < 4.78 is 34.2. The second-order valence-corrected chi connectivity index (χ2v) is 10.6. The molecule has 0 spiro atoms. The normalized spacial score (nSPS) is 19.8. The van der Waals surface area contributed by atoms with E-state index in [1.165, 1.54) is 21.4 Å². The predicted molar refractivity (Wildman–Crippen MR) is 115 cm³/mol. The standard InChI is InChI=1S/C20H28N4O4S2/c1-22-15-16(30(26,27)24-6-2-3-7-24)13-17(22)20(25)21-14-18(19-5-4-12-29-19)23-8-10-28-11-9-23/h4-5,12-13,15,18H,2-3,6-11,14H2,1H3,(H,21,25). The summed E-state index contributed by atoms with van der Waals surface area (Å²) in [6, 6.07) is 5.66. The third kappa shape index (κ3) is 4.47. The number of ether oxygens (including phenoxy) is 1. The first-order valence-electron chi connectivity index (χ1n) is 10.3. The number of hydrogen-bond donors (Lipinski definition) is 1. The van der Waals surface area contributed by atoms with E-state index in [1.54, 1.807) is 23.0 Å². The first-order chi connectivity index (χ1) is 14.5. The molecule has 1 unspecified atom stereocenters. The van der Waals surface area contributed by atoms with Crippen LogP contribution >= 0.6 is 11.3 Å². The Hall–Kier alpha value is -1.72. The predicted octanol–water partition coefficient (Wildman–Crippen LogP) is 1.67. The van der Waals surface area contributed by atoms with E-state index >= 15 is 0 Å². The van der Waals surface area contributed by atoms with Gasteiger partial charge in [-0.15, -0.1) is 11.3 Å². The number of nitrogens with zero attached hydrogens (tertiary/aromatic N) is 3.